The van der Waals surface area contributed by atoms with Crippen LogP contribution < -0.4 is 10.0 Å². The van der Waals surface area contributed by atoms with E-state index in [9.17, 15) is 18.5 Å². The van der Waals surface area contributed by atoms with E-state index in [0.29, 0.717) is 5.69 Å². The number of nitrogens with zero attached hydrogens (tertiary/aromatic N) is 2. The summed E-state index contributed by atoms with van der Waals surface area (Å²) in [5.74, 6) is 0. The maximum atomic E-state index is 12.2. The second-order valence-electron chi connectivity index (χ2n) is 3.99. The molecule has 0 bridgehead atoms. The van der Waals surface area contributed by atoms with Crippen LogP contribution >= 0.6 is 11.3 Å². The number of aromatic nitrogens is 1. The number of anilines is 1. The van der Waals surface area contributed by atoms with Gasteiger partial charge in [-0.25, -0.2) is 18.1 Å². The van der Waals surface area contributed by atoms with E-state index < -0.39 is 14.9 Å². The third kappa shape index (κ3) is 3.54. The first-order valence-corrected chi connectivity index (χ1v) is 8.19. The SMILES string of the molecule is CNc1cc([N+](=O)[O-])ccc1S(=O)(=O)NCc1cscn1. The van der Waals surface area contributed by atoms with Crippen LogP contribution in [0.2, 0.25) is 0 Å². The number of sulfonamides is 1. The van der Waals surface area contributed by atoms with Crippen LogP contribution in [0.1, 0.15) is 5.69 Å². The predicted molar refractivity (Wildman–Crippen MR) is 78.8 cm³/mol. The van der Waals surface area contributed by atoms with Crippen LogP contribution in [0.3, 0.4) is 0 Å². The lowest BCUT2D eigenvalue weighted by Crippen LogP contribution is -2.24. The lowest BCUT2D eigenvalue weighted by molar-refractivity contribution is -0.384. The van der Waals surface area contributed by atoms with Crippen LogP contribution in [0.15, 0.2) is 34.0 Å². The van der Waals surface area contributed by atoms with Crippen molar-refractivity contribution in [3.8, 4) is 0 Å². The standard InChI is InChI=1S/C11H12N4O4S2/c1-12-10-4-9(15(16)17)2-3-11(10)21(18,19)14-5-8-6-20-7-13-8/h2-4,6-7,12,14H,5H2,1H3. The van der Waals surface area contributed by atoms with E-state index in [2.05, 4.69) is 15.0 Å². The molecular weight excluding hydrogens is 316 g/mol. The van der Waals surface area contributed by atoms with Gasteiger partial charge in [0.15, 0.2) is 0 Å². The Bertz CT molecular complexity index is 744. The Kier molecular flexibility index (Phi) is 4.50. The van der Waals surface area contributed by atoms with Crippen molar-refractivity contribution in [3.05, 3.63) is 44.9 Å². The number of hydrogen-bond acceptors (Lipinski definition) is 7. The molecule has 10 heteroatoms. The Morgan fingerprint density at radius 3 is 2.76 bits per heavy atom. The van der Waals surface area contributed by atoms with Crippen LogP contribution in [0.25, 0.3) is 0 Å². The zero-order valence-electron chi connectivity index (χ0n) is 10.9. The smallest absolute Gasteiger partial charge is 0.271 e. The van der Waals surface area contributed by atoms with Crippen LogP contribution in [-0.2, 0) is 16.6 Å². The number of hydrogen-bond donors (Lipinski definition) is 2. The average Bonchev–Trinajstić information content (AvgIpc) is 2.97. The van der Waals surface area contributed by atoms with Gasteiger partial charge in [0.05, 0.1) is 28.4 Å². The van der Waals surface area contributed by atoms with Gasteiger partial charge in [-0.2, -0.15) is 0 Å². The molecule has 0 amide bonds. The number of nitro groups is 1. The number of thiazole rings is 1. The first-order valence-electron chi connectivity index (χ1n) is 5.77. The molecule has 8 nitrogen and oxygen atoms in total. The molecule has 2 rings (SSSR count). The van der Waals surface area contributed by atoms with Gasteiger partial charge in [-0.05, 0) is 6.07 Å². The Balaban J connectivity index is 2.28. The monoisotopic (exact) mass is 328 g/mol. The summed E-state index contributed by atoms with van der Waals surface area (Å²) in [6.07, 6.45) is 0. The van der Waals surface area contributed by atoms with Crippen molar-refractivity contribution < 1.29 is 13.3 Å². The molecular formula is C11H12N4O4S2. The number of non-ortho nitro benzene ring substituents is 1. The van der Waals surface area contributed by atoms with Crippen LogP contribution in [0.5, 0.6) is 0 Å². The summed E-state index contributed by atoms with van der Waals surface area (Å²) in [5.41, 5.74) is 2.19. The highest BCUT2D eigenvalue weighted by atomic mass is 32.2. The average molecular weight is 328 g/mol. The van der Waals surface area contributed by atoms with E-state index in [4.69, 9.17) is 0 Å². The summed E-state index contributed by atoms with van der Waals surface area (Å²) in [4.78, 5) is 14.1. The van der Waals surface area contributed by atoms with E-state index in [1.807, 2.05) is 0 Å². The lowest BCUT2D eigenvalue weighted by Gasteiger charge is -2.10. The molecule has 1 aromatic heterocycles. The van der Waals surface area contributed by atoms with Crippen molar-refractivity contribution in [1.29, 1.82) is 0 Å². The normalized spacial score (nSPS) is 11.3. The maximum Gasteiger partial charge on any atom is 0.271 e. The number of benzene rings is 1. The second kappa shape index (κ2) is 6.16. The summed E-state index contributed by atoms with van der Waals surface area (Å²) >= 11 is 1.37. The minimum absolute atomic E-state index is 0.0502. The highest BCUT2D eigenvalue weighted by Crippen LogP contribution is 2.26. The van der Waals surface area contributed by atoms with Gasteiger partial charge in [-0.3, -0.25) is 10.1 Å². The molecule has 2 aromatic rings. The zero-order chi connectivity index (χ0) is 15.5. The second-order valence-corrected chi connectivity index (χ2v) is 6.45. The summed E-state index contributed by atoms with van der Waals surface area (Å²) in [6.45, 7) is 0.0615. The van der Waals surface area contributed by atoms with Crippen molar-refractivity contribution in [2.45, 2.75) is 11.4 Å². The summed E-state index contributed by atoms with van der Waals surface area (Å²) < 4.78 is 26.9. The Morgan fingerprint density at radius 1 is 1.43 bits per heavy atom. The molecule has 0 radical (unpaired) electrons. The molecule has 0 unspecified atom stereocenters. The highest BCUT2D eigenvalue weighted by molar-refractivity contribution is 7.89. The number of rotatable bonds is 6. The quantitative estimate of drug-likeness (QED) is 0.614. The number of nitrogens with one attached hydrogen (secondary N) is 2. The molecule has 0 spiro atoms. The van der Waals surface area contributed by atoms with Crippen molar-refractivity contribution in [2.75, 3.05) is 12.4 Å². The van der Waals surface area contributed by atoms with Gasteiger partial charge >= 0.3 is 0 Å². The molecule has 0 aliphatic carbocycles. The van der Waals surface area contributed by atoms with E-state index in [1.54, 1.807) is 10.9 Å². The third-order valence-electron chi connectivity index (χ3n) is 2.66. The van der Waals surface area contributed by atoms with Crippen LogP contribution in [-0.4, -0.2) is 25.4 Å². The minimum atomic E-state index is -3.79. The summed E-state index contributed by atoms with van der Waals surface area (Å²) in [7, 11) is -2.29. The molecule has 0 aliphatic rings. The van der Waals surface area contributed by atoms with Crippen molar-refractivity contribution in [3.63, 3.8) is 0 Å². The molecule has 0 fully saturated rings. The largest absolute Gasteiger partial charge is 0.387 e. The van der Waals surface area contributed by atoms with E-state index in [1.165, 1.54) is 30.5 Å². The minimum Gasteiger partial charge on any atom is -0.387 e. The Labute approximate surface area is 125 Å². The zero-order valence-corrected chi connectivity index (χ0v) is 12.6. The Morgan fingerprint density at radius 2 is 2.19 bits per heavy atom. The Hall–Kier alpha value is -2.04. The molecule has 21 heavy (non-hydrogen) atoms. The van der Waals surface area contributed by atoms with Crippen molar-refractivity contribution in [1.82, 2.24) is 9.71 Å². The summed E-state index contributed by atoms with van der Waals surface area (Å²) in [6, 6.07) is 3.53. The third-order valence-corrected chi connectivity index (χ3v) is 4.75. The topological polar surface area (TPSA) is 114 Å². The number of nitro benzene ring substituents is 1. The van der Waals surface area contributed by atoms with Crippen molar-refractivity contribution >= 4 is 32.7 Å². The molecule has 0 atom stereocenters. The van der Waals surface area contributed by atoms with Crippen LogP contribution in [0.4, 0.5) is 11.4 Å². The van der Waals surface area contributed by atoms with Gasteiger partial charge in [-0.15, -0.1) is 11.3 Å². The molecule has 1 aromatic carbocycles. The highest BCUT2D eigenvalue weighted by Gasteiger charge is 2.20. The van der Waals surface area contributed by atoms with Crippen LogP contribution in [0, 0.1) is 10.1 Å². The fourth-order valence-corrected chi connectivity index (χ4v) is 3.38. The van der Waals surface area contributed by atoms with Gasteiger partial charge in [0, 0.05) is 24.6 Å². The van der Waals surface area contributed by atoms with Gasteiger partial charge in [0.2, 0.25) is 10.0 Å². The van der Waals surface area contributed by atoms with Gasteiger partial charge in [-0.1, -0.05) is 0 Å². The van der Waals surface area contributed by atoms with E-state index in [0.717, 1.165) is 6.07 Å². The predicted octanol–water partition coefficient (Wildman–Crippen LogP) is 1.57. The molecule has 0 saturated heterocycles. The maximum absolute atomic E-state index is 12.2. The van der Waals surface area contributed by atoms with Gasteiger partial charge in [0.25, 0.3) is 5.69 Å². The van der Waals surface area contributed by atoms with Gasteiger partial charge < -0.3 is 5.32 Å². The molecule has 1 heterocycles. The molecule has 0 aliphatic heterocycles. The summed E-state index contributed by atoms with van der Waals surface area (Å²) in [5, 5.41) is 15.1. The molecule has 2 N–H and O–H groups in total. The van der Waals surface area contributed by atoms with Gasteiger partial charge in [0.1, 0.15) is 4.90 Å². The lowest BCUT2D eigenvalue weighted by atomic mass is 10.3. The molecule has 0 saturated carbocycles. The fourth-order valence-electron chi connectivity index (χ4n) is 1.63. The first-order chi connectivity index (χ1) is 9.94. The van der Waals surface area contributed by atoms with Crippen molar-refractivity contribution in [2.24, 2.45) is 0 Å². The molecule has 112 valence electrons. The van der Waals surface area contributed by atoms with E-state index >= 15 is 0 Å². The van der Waals surface area contributed by atoms with E-state index in [-0.39, 0.29) is 22.8 Å². The fraction of sp³-hybridized carbons (Fsp3) is 0.182. The first kappa shape index (κ1) is 15.4.